The summed E-state index contributed by atoms with van der Waals surface area (Å²) in [5, 5.41) is 9.45. The maximum Gasteiger partial charge on any atom is 0.337 e. The first-order valence-corrected chi connectivity index (χ1v) is 13.5. The van der Waals surface area contributed by atoms with Gasteiger partial charge in [0.1, 0.15) is 11.5 Å². The second-order valence-electron chi connectivity index (χ2n) is 10.2. The maximum absolute atomic E-state index is 11.7. The number of carbonyl (C=O) groups excluding carboxylic acids is 1. The number of ether oxygens (including phenoxy) is 1. The number of pyridine rings is 1. The van der Waals surface area contributed by atoms with Crippen LogP contribution >= 0.6 is 23.2 Å². The number of fused-ring (bicyclic) bond motifs is 1. The fourth-order valence-electron chi connectivity index (χ4n) is 5.49. The van der Waals surface area contributed by atoms with Gasteiger partial charge in [-0.15, -0.1) is 0 Å². The van der Waals surface area contributed by atoms with Crippen molar-refractivity contribution in [3.63, 3.8) is 0 Å². The summed E-state index contributed by atoms with van der Waals surface area (Å²) in [7, 11) is 1.35. The van der Waals surface area contributed by atoms with Crippen LogP contribution in [0.5, 0.6) is 0 Å². The van der Waals surface area contributed by atoms with Gasteiger partial charge in [-0.05, 0) is 60.0 Å². The molecule has 0 N–H and O–H groups in total. The zero-order valence-electron chi connectivity index (χ0n) is 20.9. The lowest BCUT2D eigenvalue weighted by molar-refractivity contribution is 0.0600. The summed E-state index contributed by atoms with van der Waals surface area (Å²) in [4.78, 5) is 22.5. The summed E-state index contributed by atoms with van der Waals surface area (Å²) < 4.78 is 16.0. The molecule has 2 saturated carbocycles. The van der Waals surface area contributed by atoms with Gasteiger partial charge in [-0.25, -0.2) is 4.79 Å². The molecule has 0 bridgehead atoms. The molecule has 1 aromatic carbocycles. The molecule has 0 amide bonds. The molecule has 7 rings (SSSR count). The number of carbonyl (C=O) groups is 1. The molecule has 1 saturated heterocycles. The van der Waals surface area contributed by atoms with E-state index in [0.717, 1.165) is 42.8 Å². The lowest BCUT2D eigenvalue weighted by atomic mass is 10.0. The van der Waals surface area contributed by atoms with Gasteiger partial charge in [0.05, 0.1) is 22.7 Å². The zero-order valence-corrected chi connectivity index (χ0v) is 22.4. The fraction of sp³-hybridized carbons (Fsp3) is 0.321. The molecule has 2 atom stereocenters. The highest BCUT2D eigenvalue weighted by atomic mass is 35.5. The maximum atomic E-state index is 11.7. The number of benzene rings is 1. The fourth-order valence-corrected chi connectivity index (χ4v) is 6.03. The van der Waals surface area contributed by atoms with E-state index in [2.05, 4.69) is 37.3 Å². The van der Waals surface area contributed by atoms with Crippen LogP contribution in [0.4, 0.5) is 5.95 Å². The smallest absolute Gasteiger partial charge is 0.337 e. The molecule has 39 heavy (non-hydrogen) atoms. The van der Waals surface area contributed by atoms with Gasteiger partial charge in [-0.2, -0.15) is 4.98 Å². The minimum absolute atomic E-state index is 0.387. The van der Waals surface area contributed by atoms with Crippen LogP contribution in [0, 0.1) is 17.8 Å². The first-order valence-electron chi connectivity index (χ1n) is 12.8. The van der Waals surface area contributed by atoms with Crippen molar-refractivity contribution in [2.24, 2.45) is 17.8 Å². The van der Waals surface area contributed by atoms with Crippen molar-refractivity contribution >= 4 is 41.2 Å². The first-order chi connectivity index (χ1) is 19.0. The van der Waals surface area contributed by atoms with E-state index >= 15 is 0 Å². The van der Waals surface area contributed by atoms with Crippen molar-refractivity contribution < 1.29 is 18.6 Å². The molecule has 3 aliphatic rings. The topological polar surface area (TPSA) is 107 Å². The molecule has 9 nitrogen and oxygen atoms in total. The molecule has 2 aliphatic carbocycles. The van der Waals surface area contributed by atoms with E-state index in [9.17, 15) is 4.79 Å². The quantitative estimate of drug-likeness (QED) is 0.244. The van der Waals surface area contributed by atoms with Crippen LogP contribution in [0.25, 0.3) is 28.8 Å². The second kappa shape index (κ2) is 9.50. The predicted molar refractivity (Wildman–Crippen MR) is 145 cm³/mol. The van der Waals surface area contributed by atoms with Gasteiger partial charge >= 0.3 is 5.97 Å². The van der Waals surface area contributed by atoms with Crippen molar-refractivity contribution in [1.29, 1.82) is 0 Å². The number of rotatable bonds is 7. The Kier molecular flexibility index (Phi) is 5.93. The zero-order chi connectivity index (χ0) is 26.7. The number of piperidine rings is 1. The van der Waals surface area contributed by atoms with Crippen LogP contribution in [0.1, 0.15) is 40.4 Å². The average Bonchev–Trinajstić information content (AvgIpc) is 3.68. The number of halogens is 2. The summed E-state index contributed by atoms with van der Waals surface area (Å²) >= 11 is 12.9. The Hall–Kier alpha value is -3.69. The standard InChI is InChI=1S/C28H23Cl2N5O4/c1-37-27(36)16-6-4-15(5-7-16)26-32-28(34-39-26)35-12-19-17(20(19)13-35)8-9-18-24(33-38-25(18)14-2-3-14)23-21(29)10-31-11-22(23)30/h4-11,14,17,19-20H,2-3,12-13H2,1H3/b9-8+. The third-order valence-electron chi connectivity index (χ3n) is 7.79. The predicted octanol–water partition coefficient (Wildman–Crippen LogP) is 6.15. The Morgan fingerprint density at radius 2 is 1.77 bits per heavy atom. The molecule has 11 heteroatoms. The molecule has 3 fully saturated rings. The summed E-state index contributed by atoms with van der Waals surface area (Å²) in [5.74, 6) is 3.39. The number of esters is 1. The Balaban J connectivity index is 1.05. The van der Waals surface area contributed by atoms with Crippen molar-refractivity contribution in [3.8, 4) is 22.7 Å². The highest BCUT2D eigenvalue weighted by molar-refractivity contribution is 6.39. The molecule has 0 radical (unpaired) electrons. The van der Waals surface area contributed by atoms with Crippen LogP contribution in [-0.2, 0) is 4.74 Å². The summed E-state index contributed by atoms with van der Waals surface area (Å²) in [6, 6.07) is 6.90. The second-order valence-corrected chi connectivity index (χ2v) is 11.0. The molecule has 2 unspecified atom stereocenters. The van der Waals surface area contributed by atoms with Crippen molar-refractivity contribution in [2.45, 2.75) is 18.8 Å². The van der Waals surface area contributed by atoms with E-state index in [4.69, 9.17) is 37.0 Å². The molecule has 4 aromatic rings. The first kappa shape index (κ1) is 24.4. The largest absolute Gasteiger partial charge is 0.465 e. The summed E-state index contributed by atoms with van der Waals surface area (Å²) in [5.41, 5.74) is 3.48. The van der Waals surface area contributed by atoms with Crippen LogP contribution in [0.3, 0.4) is 0 Å². The number of hydrogen-bond acceptors (Lipinski definition) is 9. The Morgan fingerprint density at radius 3 is 2.44 bits per heavy atom. The monoisotopic (exact) mass is 563 g/mol. The van der Waals surface area contributed by atoms with Gasteiger partial charge in [0.25, 0.3) is 11.8 Å². The molecule has 4 heterocycles. The molecular formula is C28H23Cl2N5O4. The van der Waals surface area contributed by atoms with Gasteiger partial charge in [-0.3, -0.25) is 4.98 Å². The number of aromatic nitrogens is 4. The van der Waals surface area contributed by atoms with Gasteiger partial charge in [-0.1, -0.05) is 40.5 Å². The van der Waals surface area contributed by atoms with Crippen LogP contribution in [0.15, 0.2) is 51.8 Å². The number of anilines is 1. The molecule has 1 aliphatic heterocycles. The van der Waals surface area contributed by atoms with Crippen molar-refractivity contribution in [1.82, 2.24) is 20.3 Å². The average molecular weight is 564 g/mol. The van der Waals surface area contributed by atoms with Crippen LogP contribution in [0.2, 0.25) is 10.0 Å². The third-order valence-corrected chi connectivity index (χ3v) is 8.36. The highest BCUT2D eigenvalue weighted by Crippen LogP contribution is 2.54. The van der Waals surface area contributed by atoms with Crippen LogP contribution in [-0.4, -0.2) is 46.4 Å². The minimum atomic E-state index is -0.387. The van der Waals surface area contributed by atoms with E-state index in [1.54, 1.807) is 36.7 Å². The summed E-state index contributed by atoms with van der Waals surface area (Å²) in [6.07, 6.45) is 9.73. The number of allylic oxidation sites excluding steroid dienone is 1. The van der Waals surface area contributed by atoms with Crippen molar-refractivity contribution in [3.05, 3.63) is 69.7 Å². The van der Waals surface area contributed by atoms with Gasteiger partial charge in [0.15, 0.2) is 0 Å². The highest BCUT2D eigenvalue weighted by Gasteiger charge is 2.55. The van der Waals surface area contributed by atoms with E-state index in [1.165, 1.54) is 7.11 Å². The number of hydrogen-bond donors (Lipinski definition) is 0. The van der Waals surface area contributed by atoms with Gasteiger partial charge in [0.2, 0.25) is 0 Å². The van der Waals surface area contributed by atoms with Crippen molar-refractivity contribution in [2.75, 3.05) is 25.1 Å². The Bertz CT molecular complexity index is 1560. The Labute approximate surface area is 233 Å². The van der Waals surface area contributed by atoms with E-state index in [1.807, 2.05) is 0 Å². The van der Waals surface area contributed by atoms with Gasteiger partial charge in [0, 0.05) is 48.1 Å². The van der Waals surface area contributed by atoms with E-state index in [-0.39, 0.29) is 5.97 Å². The Morgan fingerprint density at radius 1 is 1.05 bits per heavy atom. The van der Waals surface area contributed by atoms with E-state index < -0.39 is 0 Å². The lowest BCUT2D eigenvalue weighted by Gasteiger charge is -2.15. The lowest BCUT2D eigenvalue weighted by Crippen LogP contribution is -2.24. The normalized spacial score (nSPS) is 21.9. The molecule has 3 aromatic heterocycles. The number of nitrogens with zero attached hydrogens (tertiary/aromatic N) is 5. The van der Waals surface area contributed by atoms with E-state index in [0.29, 0.717) is 62.4 Å². The molecule has 198 valence electrons. The van der Waals surface area contributed by atoms with Crippen LogP contribution < -0.4 is 4.90 Å². The minimum Gasteiger partial charge on any atom is -0.465 e. The SMILES string of the molecule is COC(=O)c1ccc(-c2nc(N3CC4C(/C=C/c5c(-c6c(Cl)cncc6Cl)noc5C5CC5)C4C3)no2)cc1. The number of methoxy groups -OCH3 is 1. The molecule has 0 spiro atoms. The molecular weight excluding hydrogens is 541 g/mol. The van der Waals surface area contributed by atoms with Gasteiger partial charge < -0.3 is 18.7 Å². The summed E-state index contributed by atoms with van der Waals surface area (Å²) in [6.45, 7) is 1.71. The third kappa shape index (κ3) is 4.39.